The molecular formula is C17H22O6. The first-order chi connectivity index (χ1) is 10.8. The normalized spacial score (nSPS) is 37.6. The molecule has 1 aliphatic heterocycles. The van der Waals surface area contributed by atoms with Crippen LogP contribution in [0.3, 0.4) is 0 Å². The minimum Gasteiger partial charge on any atom is -0.468 e. The van der Waals surface area contributed by atoms with E-state index in [0.29, 0.717) is 0 Å². The summed E-state index contributed by atoms with van der Waals surface area (Å²) in [7, 11) is 2.52. The van der Waals surface area contributed by atoms with Crippen molar-refractivity contribution >= 4 is 17.9 Å². The van der Waals surface area contributed by atoms with Gasteiger partial charge in [-0.25, -0.2) is 0 Å². The zero-order valence-corrected chi connectivity index (χ0v) is 13.7. The van der Waals surface area contributed by atoms with Gasteiger partial charge >= 0.3 is 17.9 Å². The number of hydrogen-bond acceptors (Lipinski definition) is 6. The van der Waals surface area contributed by atoms with Crippen molar-refractivity contribution in [2.45, 2.75) is 38.2 Å². The largest absolute Gasteiger partial charge is 0.468 e. The molecule has 3 aliphatic rings. The van der Waals surface area contributed by atoms with Crippen LogP contribution in [0.4, 0.5) is 0 Å². The van der Waals surface area contributed by atoms with Crippen molar-refractivity contribution in [1.82, 2.24) is 0 Å². The van der Waals surface area contributed by atoms with Gasteiger partial charge in [0.25, 0.3) is 0 Å². The molecule has 4 atom stereocenters. The Hall–Kier alpha value is -1.85. The van der Waals surface area contributed by atoms with Crippen LogP contribution in [0, 0.1) is 23.2 Å². The molecule has 6 nitrogen and oxygen atoms in total. The van der Waals surface area contributed by atoms with Crippen molar-refractivity contribution < 1.29 is 28.6 Å². The number of carbonyl (C=O) groups excluding carboxylic acids is 3. The van der Waals surface area contributed by atoms with Gasteiger partial charge in [0.2, 0.25) is 0 Å². The summed E-state index contributed by atoms with van der Waals surface area (Å²) in [6.07, 6.45) is 2.01. The third-order valence-corrected chi connectivity index (χ3v) is 6.00. The molecule has 23 heavy (non-hydrogen) atoms. The van der Waals surface area contributed by atoms with E-state index >= 15 is 0 Å². The molecule has 1 saturated heterocycles. The summed E-state index contributed by atoms with van der Waals surface area (Å²) < 4.78 is 15.7. The van der Waals surface area contributed by atoms with Gasteiger partial charge in [0.05, 0.1) is 14.2 Å². The van der Waals surface area contributed by atoms with E-state index in [4.69, 9.17) is 14.2 Å². The average Bonchev–Trinajstić information content (AvgIpc) is 2.48. The van der Waals surface area contributed by atoms with Crippen molar-refractivity contribution in [3.8, 4) is 0 Å². The highest BCUT2D eigenvalue weighted by molar-refractivity contribution is 6.01. The number of rotatable bonds is 2. The molecule has 4 bridgehead atoms. The van der Waals surface area contributed by atoms with Gasteiger partial charge < -0.3 is 14.2 Å². The summed E-state index contributed by atoms with van der Waals surface area (Å²) in [4.78, 5) is 37.4. The predicted octanol–water partition coefficient (Wildman–Crippen LogP) is 1.63. The van der Waals surface area contributed by atoms with Crippen molar-refractivity contribution in [1.29, 1.82) is 0 Å². The minimum atomic E-state index is -1.49. The van der Waals surface area contributed by atoms with Gasteiger partial charge in [-0.1, -0.05) is 12.2 Å². The fourth-order valence-electron chi connectivity index (χ4n) is 5.31. The van der Waals surface area contributed by atoms with E-state index in [0.717, 1.165) is 18.4 Å². The summed E-state index contributed by atoms with van der Waals surface area (Å²) in [5, 5.41) is 0. The summed E-state index contributed by atoms with van der Waals surface area (Å²) >= 11 is 0. The smallest absolute Gasteiger partial charge is 0.324 e. The standard InChI is InChI=1S/C17H22O6/c1-9-8-17(14(19)21-3,15(20)22-4)13-10-5-6-11(9)16(13,2)23-12(18)7-10/h10-11,13H,1,5-8H2,2-4H3. The first-order valence-corrected chi connectivity index (χ1v) is 7.87. The lowest BCUT2D eigenvalue weighted by Gasteiger charge is -2.61. The molecule has 126 valence electrons. The lowest BCUT2D eigenvalue weighted by molar-refractivity contribution is -0.235. The molecule has 1 heterocycles. The minimum absolute atomic E-state index is 0.0459. The molecule has 0 spiro atoms. The molecular weight excluding hydrogens is 300 g/mol. The number of hydrogen-bond donors (Lipinski definition) is 0. The van der Waals surface area contributed by atoms with Crippen LogP contribution >= 0.6 is 0 Å². The summed E-state index contributed by atoms with van der Waals surface area (Å²) in [6.45, 7) is 5.89. The lowest BCUT2D eigenvalue weighted by atomic mass is 9.46. The van der Waals surface area contributed by atoms with Crippen LogP contribution in [0.5, 0.6) is 0 Å². The van der Waals surface area contributed by atoms with Crippen molar-refractivity contribution in [2.75, 3.05) is 14.2 Å². The van der Waals surface area contributed by atoms with Gasteiger partial charge in [0.15, 0.2) is 5.41 Å². The Morgan fingerprint density at radius 2 is 1.83 bits per heavy atom. The Labute approximate surface area is 135 Å². The predicted molar refractivity (Wildman–Crippen MR) is 79.0 cm³/mol. The van der Waals surface area contributed by atoms with Gasteiger partial charge in [-0.3, -0.25) is 14.4 Å². The third-order valence-electron chi connectivity index (χ3n) is 6.00. The number of carbonyl (C=O) groups is 3. The molecule has 4 unspecified atom stereocenters. The molecule has 0 radical (unpaired) electrons. The summed E-state index contributed by atoms with van der Waals surface area (Å²) in [5.41, 5.74) is -1.67. The second-order valence-electron chi connectivity index (χ2n) is 7.02. The monoisotopic (exact) mass is 322 g/mol. The molecule has 0 amide bonds. The fourth-order valence-corrected chi connectivity index (χ4v) is 5.31. The molecule has 0 aromatic heterocycles. The van der Waals surface area contributed by atoms with Crippen LogP contribution in [-0.2, 0) is 28.6 Å². The van der Waals surface area contributed by atoms with E-state index < -0.39 is 28.9 Å². The molecule has 0 aromatic rings. The molecule has 3 rings (SSSR count). The van der Waals surface area contributed by atoms with Crippen LogP contribution in [0.2, 0.25) is 0 Å². The Balaban J connectivity index is 2.21. The van der Waals surface area contributed by atoms with Gasteiger partial charge in [-0.15, -0.1) is 0 Å². The van der Waals surface area contributed by atoms with E-state index in [1.54, 1.807) is 0 Å². The molecule has 6 heteroatoms. The van der Waals surface area contributed by atoms with E-state index in [-0.39, 0.29) is 30.6 Å². The Morgan fingerprint density at radius 1 is 1.22 bits per heavy atom. The first-order valence-electron chi connectivity index (χ1n) is 7.87. The van der Waals surface area contributed by atoms with Crippen LogP contribution in [0.15, 0.2) is 12.2 Å². The van der Waals surface area contributed by atoms with Crippen LogP contribution in [-0.4, -0.2) is 37.7 Å². The number of esters is 3. The highest BCUT2D eigenvalue weighted by Crippen LogP contribution is 2.63. The topological polar surface area (TPSA) is 78.9 Å². The molecule has 2 saturated carbocycles. The maximum Gasteiger partial charge on any atom is 0.324 e. The molecule has 0 N–H and O–H groups in total. The second kappa shape index (κ2) is 5.08. The SMILES string of the molecule is C=C1CC(C(=O)OC)(C(=O)OC)C2C3CCC1C2(C)OC(=O)C3. The zero-order valence-electron chi connectivity index (χ0n) is 13.7. The maximum absolute atomic E-state index is 12.7. The summed E-state index contributed by atoms with van der Waals surface area (Å²) in [5.74, 6) is -2.14. The van der Waals surface area contributed by atoms with E-state index in [9.17, 15) is 14.4 Å². The highest BCUT2D eigenvalue weighted by Gasteiger charge is 2.71. The number of ether oxygens (including phenoxy) is 3. The van der Waals surface area contributed by atoms with Crippen molar-refractivity contribution in [2.24, 2.45) is 23.2 Å². The van der Waals surface area contributed by atoms with Crippen LogP contribution in [0.25, 0.3) is 0 Å². The van der Waals surface area contributed by atoms with Gasteiger partial charge in [-0.2, -0.15) is 0 Å². The highest BCUT2D eigenvalue weighted by atomic mass is 16.6. The molecule has 3 fully saturated rings. The van der Waals surface area contributed by atoms with Crippen LogP contribution in [0.1, 0.15) is 32.6 Å². The van der Waals surface area contributed by atoms with Crippen molar-refractivity contribution in [3.63, 3.8) is 0 Å². The third kappa shape index (κ3) is 1.90. The van der Waals surface area contributed by atoms with E-state index in [2.05, 4.69) is 6.58 Å². The van der Waals surface area contributed by atoms with E-state index in [1.165, 1.54) is 14.2 Å². The average molecular weight is 322 g/mol. The molecule has 2 aliphatic carbocycles. The van der Waals surface area contributed by atoms with Gasteiger partial charge in [0.1, 0.15) is 5.60 Å². The Morgan fingerprint density at radius 3 is 2.39 bits per heavy atom. The second-order valence-corrected chi connectivity index (χ2v) is 7.02. The van der Waals surface area contributed by atoms with Gasteiger partial charge in [-0.05, 0) is 32.1 Å². The van der Waals surface area contributed by atoms with Gasteiger partial charge in [0, 0.05) is 18.3 Å². The Kier molecular flexibility index (Phi) is 3.54. The maximum atomic E-state index is 12.7. The molecule has 0 aromatic carbocycles. The van der Waals surface area contributed by atoms with Crippen molar-refractivity contribution in [3.05, 3.63) is 12.2 Å². The summed E-state index contributed by atoms with van der Waals surface area (Å²) in [6, 6.07) is 0. The number of methoxy groups -OCH3 is 2. The fraction of sp³-hybridized carbons (Fsp3) is 0.706. The lowest BCUT2D eigenvalue weighted by Crippen LogP contribution is -2.69. The van der Waals surface area contributed by atoms with E-state index in [1.807, 2.05) is 6.92 Å². The first kappa shape index (κ1) is 16.0. The zero-order chi connectivity index (χ0) is 17.0. The van der Waals surface area contributed by atoms with Crippen LogP contribution < -0.4 is 0 Å². The Bertz CT molecular complexity index is 578. The quantitative estimate of drug-likeness (QED) is 0.333.